The van der Waals surface area contributed by atoms with Gasteiger partial charge >= 0.3 is 5.97 Å². The fourth-order valence-electron chi connectivity index (χ4n) is 3.25. The number of nitrogens with zero attached hydrogens (tertiary/aromatic N) is 2. The van der Waals surface area contributed by atoms with Crippen LogP contribution in [0.4, 0.5) is 5.69 Å². The van der Waals surface area contributed by atoms with Crippen molar-refractivity contribution in [2.45, 2.75) is 37.8 Å². The Morgan fingerprint density at radius 2 is 1.76 bits per heavy atom. The third kappa shape index (κ3) is 5.60. The minimum atomic E-state index is -4.23. The van der Waals surface area contributed by atoms with Crippen molar-refractivity contribution in [3.8, 4) is 5.75 Å². The number of anilines is 1. The Bertz CT molecular complexity index is 1270. The molecule has 178 valence electrons. The molecule has 0 saturated carbocycles. The Morgan fingerprint density at radius 1 is 1.06 bits per heavy atom. The molecule has 0 radical (unpaired) electrons. The van der Waals surface area contributed by atoms with Crippen molar-refractivity contribution >= 4 is 28.0 Å². The van der Waals surface area contributed by atoms with Crippen LogP contribution >= 0.6 is 0 Å². The summed E-state index contributed by atoms with van der Waals surface area (Å²) in [4.78, 5) is 29.1. The van der Waals surface area contributed by atoms with Crippen LogP contribution in [0.5, 0.6) is 5.75 Å². The average Bonchev–Trinajstić information content (AvgIpc) is 2.81. The molecule has 0 saturated heterocycles. The van der Waals surface area contributed by atoms with Gasteiger partial charge in [0, 0.05) is 18.0 Å². The molecule has 9 heteroatoms. The van der Waals surface area contributed by atoms with Crippen molar-refractivity contribution in [2.24, 2.45) is 0 Å². The van der Waals surface area contributed by atoms with Crippen LogP contribution in [0.3, 0.4) is 0 Å². The molecular weight excluding hydrogens is 456 g/mol. The molecule has 1 heterocycles. The molecule has 0 aliphatic carbocycles. The second kappa shape index (κ2) is 10.0. The third-order valence-electron chi connectivity index (χ3n) is 4.76. The van der Waals surface area contributed by atoms with Gasteiger partial charge < -0.3 is 9.47 Å². The number of hydrogen-bond acceptors (Lipinski definition) is 7. The molecule has 0 fully saturated rings. The number of aldehydes is 1. The number of sulfonamides is 1. The van der Waals surface area contributed by atoms with Gasteiger partial charge in [-0.2, -0.15) is 0 Å². The number of pyridine rings is 1. The van der Waals surface area contributed by atoms with Crippen LogP contribution in [0.2, 0.25) is 0 Å². The summed E-state index contributed by atoms with van der Waals surface area (Å²) in [5, 5.41) is 0. The predicted molar refractivity (Wildman–Crippen MR) is 128 cm³/mol. The van der Waals surface area contributed by atoms with Crippen LogP contribution < -0.4 is 9.04 Å². The van der Waals surface area contributed by atoms with Gasteiger partial charge in [-0.25, -0.2) is 13.2 Å². The summed E-state index contributed by atoms with van der Waals surface area (Å²) in [7, 11) is -2.75. The van der Waals surface area contributed by atoms with E-state index in [1.807, 2.05) is 0 Å². The first-order chi connectivity index (χ1) is 16.1. The predicted octanol–water partition coefficient (Wildman–Crippen LogP) is 4.25. The summed E-state index contributed by atoms with van der Waals surface area (Å²) in [5.41, 5.74) is -0.333. The second-order valence-electron chi connectivity index (χ2n) is 8.41. The zero-order valence-electron chi connectivity index (χ0n) is 19.4. The van der Waals surface area contributed by atoms with Gasteiger partial charge in [0.2, 0.25) is 0 Å². The van der Waals surface area contributed by atoms with Gasteiger partial charge in [0.15, 0.2) is 6.29 Å². The number of carbonyl (C=O) groups is 2. The van der Waals surface area contributed by atoms with E-state index in [9.17, 15) is 18.0 Å². The van der Waals surface area contributed by atoms with Crippen LogP contribution in [0.1, 0.15) is 47.1 Å². The van der Waals surface area contributed by atoms with Gasteiger partial charge in [0.25, 0.3) is 10.0 Å². The summed E-state index contributed by atoms with van der Waals surface area (Å²) < 4.78 is 39.4. The van der Waals surface area contributed by atoms with Crippen LogP contribution in [-0.4, -0.2) is 38.4 Å². The maximum atomic E-state index is 13.9. The Balaban J connectivity index is 2.24. The zero-order valence-corrected chi connectivity index (χ0v) is 20.2. The molecule has 3 rings (SSSR count). The Morgan fingerprint density at radius 3 is 2.32 bits per heavy atom. The zero-order chi connectivity index (χ0) is 24.9. The Labute approximate surface area is 199 Å². The number of rotatable bonds is 8. The fourth-order valence-corrected chi connectivity index (χ4v) is 4.75. The normalized spacial score (nSPS) is 11.5. The van der Waals surface area contributed by atoms with Crippen LogP contribution in [0.25, 0.3) is 0 Å². The summed E-state index contributed by atoms with van der Waals surface area (Å²) in [5.74, 6) is -0.257. The van der Waals surface area contributed by atoms with E-state index in [4.69, 9.17) is 9.47 Å². The lowest BCUT2D eigenvalue weighted by molar-refractivity contribution is 0.00704. The lowest BCUT2D eigenvalue weighted by Gasteiger charge is -2.28. The lowest BCUT2D eigenvalue weighted by Crippen LogP contribution is -2.34. The van der Waals surface area contributed by atoms with Crippen molar-refractivity contribution in [2.75, 3.05) is 11.4 Å². The van der Waals surface area contributed by atoms with E-state index in [0.29, 0.717) is 17.6 Å². The molecule has 2 aromatic carbocycles. The maximum Gasteiger partial charge on any atom is 0.340 e. The quantitative estimate of drug-likeness (QED) is 0.349. The van der Waals surface area contributed by atoms with Gasteiger partial charge in [-0.3, -0.25) is 14.1 Å². The topological polar surface area (TPSA) is 103 Å². The van der Waals surface area contributed by atoms with Gasteiger partial charge in [0.05, 0.1) is 29.8 Å². The van der Waals surface area contributed by atoms with E-state index in [0.717, 1.165) is 4.31 Å². The van der Waals surface area contributed by atoms with Crippen LogP contribution in [0.15, 0.2) is 71.9 Å². The monoisotopic (exact) mass is 482 g/mol. The molecule has 34 heavy (non-hydrogen) atoms. The van der Waals surface area contributed by atoms with Crippen LogP contribution in [-0.2, 0) is 21.3 Å². The van der Waals surface area contributed by atoms with Crippen molar-refractivity contribution in [3.05, 3.63) is 83.7 Å². The van der Waals surface area contributed by atoms with Gasteiger partial charge in [-0.05, 0) is 68.8 Å². The van der Waals surface area contributed by atoms with Crippen LogP contribution in [0, 0.1) is 0 Å². The van der Waals surface area contributed by atoms with E-state index in [1.54, 1.807) is 39.1 Å². The van der Waals surface area contributed by atoms with E-state index >= 15 is 0 Å². The fraction of sp³-hybridized carbons (Fsp3) is 0.240. The molecule has 1 aromatic heterocycles. The van der Waals surface area contributed by atoms with Gasteiger partial charge in [-0.1, -0.05) is 12.1 Å². The first-order valence-electron chi connectivity index (χ1n) is 10.4. The summed E-state index contributed by atoms with van der Waals surface area (Å²) in [6.45, 7) is 4.95. The lowest BCUT2D eigenvalue weighted by atomic mass is 10.1. The van der Waals surface area contributed by atoms with E-state index in [-0.39, 0.29) is 28.3 Å². The van der Waals surface area contributed by atoms with Gasteiger partial charge in [-0.15, -0.1) is 0 Å². The molecule has 0 bridgehead atoms. The molecule has 0 unspecified atom stereocenters. The minimum Gasteiger partial charge on any atom is -0.497 e. The van der Waals surface area contributed by atoms with E-state index < -0.39 is 21.6 Å². The van der Waals surface area contributed by atoms with E-state index in [1.165, 1.54) is 55.8 Å². The standard InChI is InChI=1S/C25H26N2O6S/c1-25(2,3)33-24(29)22-9-5-8-19(17-28)23(22)27(16-18-7-6-14-26-15-18)34(30,31)21-12-10-20(32-4)11-13-21/h5-15,17H,16H2,1-4H3. The average molecular weight is 483 g/mol. The maximum absolute atomic E-state index is 13.9. The molecule has 0 aliphatic rings. The number of ether oxygens (including phenoxy) is 2. The highest BCUT2D eigenvalue weighted by molar-refractivity contribution is 7.92. The van der Waals surface area contributed by atoms with Crippen molar-refractivity contribution in [1.29, 1.82) is 0 Å². The Kier molecular flexibility index (Phi) is 7.36. The van der Waals surface area contributed by atoms with Crippen molar-refractivity contribution in [3.63, 3.8) is 0 Å². The number of carbonyl (C=O) groups excluding carboxylic acids is 2. The molecule has 3 aromatic rings. The molecular formula is C25H26N2O6S. The first-order valence-corrected chi connectivity index (χ1v) is 11.9. The van der Waals surface area contributed by atoms with E-state index in [2.05, 4.69) is 4.98 Å². The summed E-state index contributed by atoms with van der Waals surface area (Å²) >= 11 is 0. The number of benzene rings is 2. The SMILES string of the molecule is COc1ccc(S(=O)(=O)N(Cc2cccnc2)c2c(C=O)cccc2C(=O)OC(C)(C)C)cc1. The third-order valence-corrected chi connectivity index (χ3v) is 6.52. The highest BCUT2D eigenvalue weighted by Crippen LogP contribution is 2.33. The second-order valence-corrected chi connectivity index (χ2v) is 10.3. The molecule has 8 nitrogen and oxygen atoms in total. The number of aromatic nitrogens is 1. The number of para-hydroxylation sites is 1. The highest BCUT2D eigenvalue weighted by atomic mass is 32.2. The molecule has 0 N–H and O–H groups in total. The molecule has 0 aliphatic heterocycles. The van der Waals surface area contributed by atoms with Crippen molar-refractivity contribution < 1.29 is 27.5 Å². The Hall–Kier alpha value is -3.72. The summed E-state index contributed by atoms with van der Waals surface area (Å²) in [6.07, 6.45) is 3.60. The number of methoxy groups -OCH3 is 1. The largest absolute Gasteiger partial charge is 0.497 e. The van der Waals surface area contributed by atoms with Crippen molar-refractivity contribution in [1.82, 2.24) is 4.98 Å². The minimum absolute atomic E-state index is 0.0318. The number of hydrogen-bond donors (Lipinski definition) is 0. The molecule has 0 atom stereocenters. The van der Waals surface area contributed by atoms with Gasteiger partial charge in [0.1, 0.15) is 11.4 Å². The first kappa shape index (κ1) is 24.9. The number of esters is 1. The molecule has 0 amide bonds. The summed E-state index contributed by atoms with van der Waals surface area (Å²) in [6, 6.07) is 13.6. The molecule has 0 spiro atoms. The smallest absolute Gasteiger partial charge is 0.340 e. The highest BCUT2D eigenvalue weighted by Gasteiger charge is 2.32.